The van der Waals surface area contributed by atoms with Crippen LogP contribution in [-0.2, 0) is 12.3 Å². The minimum absolute atomic E-state index is 0.759. The second-order valence-electron chi connectivity index (χ2n) is 4.97. The van der Waals surface area contributed by atoms with Crippen molar-refractivity contribution in [2.24, 2.45) is 0 Å². The number of hydrogen-bond donors (Lipinski definition) is 0. The lowest BCUT2D eigenvalue weighted by molar-refractivity contribution is 0.641. The van der Waals surface area contributed by atoms with Crippen LogP contribution in [0.15, 0.2) is 29.6 Å². The fourth-order valence-corrected chi connectivity index (χ4v) is 3.19. The molecule has 5 nitrogen and oxygen atoms in total. The van der Waals surface area contributed by atoms with Crippen LogP contribution in [0.3, 0.4) is 0 Å². The van der Waals surface area contributed by atoms with Crippen LogP contribution in [0.25, 0.3) is 11.2 Å². The van der Waals surface area contributed by atoms with Crippen molar-refractivity contribution < 1.29 is 0 Å². The molecule has 0 bridgehead atoms. The Morgan fingerprint density at radius 2 is 2.05 bits per heavy atom. The highest BCUT2D eigenvalue weighted by Crippen LogP contribution is 2.27. The number of hydrogen-bond acceptors (Lipinski definition) is 5. The maximum atomic E-state index is 4.36. The molecule has 1 aromatic carbocycles. The van der Waals surface area contributed by atoms with Crippen molar-refractivity contribution in [2.45, 2.75) is 38.1 Å². The number of fused-ring (bicyclic) bond motifs is 1. The van der Waals surface area contributed by atoms with E-state index in [-0.39, 0.29) is 0 Å². The highest BCUT2D eigenvalue weighted by molar-refractivity contribution is 7.98. The topological polar surface area (TPSA) is 56.5 Å². The maximum absolute atomic E-state index is 4.36. The number of aromatic nitrogens is 5. The summed E-state index contributed by atoms with van der Waals surface area (Å²) in [6, 6.07) is 6.52. The Labute approximate surface area is 127 Å². The second-order valence-corrected chi connectivity index (χ2v) is 5.94. The van der Waals surface area contributed by atoms with Gasteiger partial charge >= 0.3 is 0 Å². The number of rotatable bonds is 4. The average Bonchev–Trinajstić information content (AvgIpc) is 2.92. The fraction of sp³-hybridized carbons (Fsp3) is 0.333. The van der Waals surface area contributed by atoms with E-state index in [1.54, 1.807) is 22.8 Å². The summed E-state index contributed by atoms with van der Waals surface area (Å²) in [5.74, 6) is 0.874. The summed E-state index contributed by atoms with van der Waals surface area (Å²) in [7, 11) is 0. The minimum Gasteiger partial charge on any atom is -0.227 e. The first-order valence-electron chi connectivity index (χ1n) is 6.92. The molecule has 0 saturated carbocycles. The molecule has 0 atom stereocenters. The van der Waals surface area contributed by atoms with Gasteiger partial charge in [-0.3, -0.25) is 0 Å². The zero-order chi connectivity index (χ0) is 14.8. The molecule has 0 aliphatic heterocycles. The summed E-state index contributed by atoms with van der Waals surface area (Å²) in [6.45, 7) is 7.04. The molecule has 0 aliphatic carbocycles. The lowest BCUT2D eigenvalue weighted by atomic mass is 10.1. The van der Waals surface area contributed by atoms with Gasteiger partial charge in [-0.25, -0.2) is 14.6 Å². The van der Waals surface area contributed by atoms with Gasteiger partial charge in [-0.1, -0.05) is 40.7 Å². The summed E-state index contributed by atoms with van der Waals surface area (Å²) in [6.07, 6.45) is 1.59. The van der Waals surface area contributed by atoms with Gasteiger partial charge < -0.3 is 0 Å². The van der Waals surface area contributed by atoms with Crippen LogP contribution in [0.1, 0.15) is 23.6 Å². The Hall–Kier alpha value is -1.95. The SMILES string of the molecule is CCn1nnc2c(SCc3cc(C)ccc3C)ncnc21. The maximum Gasteiger partial charge on any atom is 0.182 e. The van der Waals surface area contributed by atoms with Crippen molar-refractivity contribution in [2.75, 3.05) is 0 Å². The third kappa shape index (κ3) is 2.76. The van der Waals surface area contributed by atoms with Crippen LogP contribution in [0.5, 0.6) is 0 Å². The molecule has 6 heteroatoms. The van der Waals surface area contributed by atoms with E-state index in [1.165, 1.54) is 16.7 Å². The molecule has 2 heterocycles. The molecule has 2 aromatic heterocycles. The highest BCUT2D eigenvalue weighted by atomic mass is 32.2. The zero-order valence-corrected chi connectivity index (χ0v) is 13.2. The molecule has 3 rings (SSSR count). The molecule has 0 spiro atoms. The Kier molecular flexibility index (Phi) is 3.88. The van der Waals surface area contributed by atoms with Crippen LogP contribution in [0.2, 0.25) is 0 Å². The Bertz CT molecular complexity index is 781. The summed E-state index contributed by atoms with van der Waals surface area (Å²) in [5.41, 5.74) is 5.50. The fourth-order valence-electron chi connectivity index (χ4n) is 2.19. The standard InChI is InChI=1S/C15H17N5S/c1-4-20-14-13(18-19-20)15(17-9-16-14)21-8-12-7-10(2)5-6-11(12)3/h5-7,9H,4,8H2,1-3H3. The molecular formula is C15H17N5S. The lowest BCUT2D eigenvalue weighted by Crippen LogP contribution is -1.98. The lowest BCUT2D eigenvalue weighted by Gasteiger charge is -2.06. The van der Waals surface area contributed by atoms with E-state index in [2.05, 4.69) is 52.3 Å². The first kappa shape index (κ1) is 14.0. The number of benzene rings is 1. The molecule has 3 aromatic rings. The van der Waals surface area contributed by atoms with Gasteiger partial charge in [-0.2, -0.15) is 0 Å². The van der Waals surface area contributed by atoms with Gasteiger partial charge in [0.2, 0.25) is 0 Å². The molecule has 0 saturated heterocycles. The normalized spacial score (nSPS) is 11.2. The van der Waals surface area contributed by atoms with Gasteiger partial charge in [-0.15, -0.1) is 5.10 Å². The Balaban J connectivity index is 1.88. The molecule has 0 amide bonds. The predicted octanol–water partition coefficient (Wildman–Crippen LogP) is 3.15. The van der Waals surface area contributed by atoms with Gasteiger partial charge in [0.15, 0.2) is 11.2 Å². The number of aryl methyl sites for hydroxylation is 3. The molecule has 0 N–H and O–H groups in total. The predicted molar refractivity (Wildman–Crippen MR) is 84.3 cm³/mol. The quantitative estimate of drug-likeness (QED) is 0.547. The number of thioether (sulfide) groups is 1. The minimum atomic E-state index is 0.759. The van der Waals surface area contributed by atoms with Crippen molar-refractivity contribution in [3.05, 3.63) is 41.2 Å². The molecular weight excluding hydrogens is 282 g/mol. The van der Waals surface area contributed by atoms with Gasteiger partial charge in [0.25, 0.3) is 0 Å². The molecule has 0 aliphatic rings. The van der Waals surface area contributed by atoms with Crippen LogP contribution >= 0.6 is 11.8 Å². The van der Waals surface area contributed by atoms with Crippen LogP contribution < -0.4 is 0 Å². The van der Waals surface area contributed by atoms with Crippen molar-refractivity contribution in [1.82, 2.24) is 25.0 Å². The summed E-state index contributed by atoms with van der Waals surface area (Å²) in [5, 5.41) is 9.21. The summed E-state index contributed by atoms with van der Waals surface area (Å²) in [4.78, 5) is 8.63. The van der Waals surface area contributed by atoms with Crippen molar-refractivity contribution >= 4 is 22.9 Å². The molecule has 0 unspecified atom stereocenters. The monoisotopic (exact) mass is 299 g/mol. The van der Waals surface area contributed by atoms with Gasteiger partial charge in [0, 0.05) is 12.3 Å². The van der Waals surface area contributed by atoms with Gasteiger partial charge in [0.1, 0.15) is 11.4 Å². The summed E-state index contributed by atoms with van der Waals surface area (Å²) >= 11 is 1.68. The van der Waals surface area contributed by atoms with Crippen molar-refractivity contribution in [3.63, 3.8) is 0 Å². The third-order valence-corrected chi connectivity index (χ3v) is 4.46. The molecule has 0 fully saturated rings. The van der Waals surface area contributed by atoms with Gasteiger partial charge in [0.05, 0.1) is 0 Å². The van der Waals surface area contributed by atoms with E-state index < -0.39 is 0 Å². The summed E-state index contributed by atoms with van der Waals surface area (Å²) < 4.78 is 1.79. The smallest absolute Gasteiger partial charge is 0.182 e. The van der Waals surface area contributed by atoms with E-state index in [0.29, 0.717) is 0 Å². The second kappa shape index (κ2) is 5.81. The zero-order valence-electron chi connectivity index (χ0n) is 12.4. The third-order valence-electron chi connectivity index (χ3n) is 3.44. The first-order valence-corrected chi connectivity index (χ1v) is 7.90. The number of nitrogens with zero attached hydrogens (tertiary/aromatic N) is 5. The Morgan fingerprint density at radius 1 is 1.19 bits per heavy atom. The van der Waals surface area contributed by atoms with Crippen molar-refractivity contribution in [1.29, 1.82) is 0 Å². The van der Waals surface area contributed by atoms with E-state index >= 15 is 0 Å². The van der Waals surface area contributed by atoms with E-state index in [0.717, 1.165) is 28.5 Å². The van der Waals surface area contributed by atoms with Crippen LogP contribution in [0, 0.1) is 13.8 Å². The van der Waals surface area contributed by atoms with E-state index in [4.69, 9.17) is 0 Å². The largest absolute Gasteiger partial charge is 0.227 e. The van der Waals surface area contributed by atoms with Crippen LogP contribution in [0.4, 0.5) is 0 Å². The molecule has 108 valence electrons. The molecule has 0 radical (unpaired) electrons. The average molecular weight is 299 g/mol. The van der Waals surface area contributed by atoms with Gasteiger partial charge in [-0.05, 0) is 31.9 Å². The van der Waals surface area contributed by atoms with E-state index in [1.807, 2.05) is 6.92 Å². The molecule has 21 heavy (non-hydrogen) atoms. The van der Waals surface area contributed by atoms with Crippen LogP contribution in [-0.4, -0.2) is 25.0 Å². The highest BCUT2D eigenvalue weighted by Gasteiger charge is 2.11. The van der Waals surface area contributed by atoms with Crippen molar-refractivity contribution in [3.8, 4) is 0 Å². The Morgan fingerprint density at radius 3 is 2.86 bits per heavy atom. The first-order chi connectivity index (χ1) is 10.2. The van der Waals surface area contributed by atoms with E-state index in [9.17, 15) is 0 Å².